The molecule has 0 amide bonds. The van der Waals surface area contributed by atoms with E-state index in [9.17, 15) is 19.2 Å². The second-order valence-corrected chi connectivity index (χ2v) is 3.44. The molecule has 0 heterocycles. The Hall–Kier alpha value is -1.54. The van der Waals surface area contributed by atoms with E-state index in [0.29, 0.717) is 10.5 Å². The van der Waals surface area contributed by atoms with Gasteiger partial charge < -0.3 is 19.4 Å². The minimum absolute atomic E-state index is 0. The molecule has 0 saturated heterocycles. The van der Waals surface area contributed by atoms with E-state index in [1.165, 1.54) is 0 Å². The van der Waals surface area contributed by atoms with Crippen molar-refractivity contribution in [3.05, 3.63) is 0 Å². The fourth-order valence-electron chi connectivity index (χ4n) is 0.957. The van der Waals surface area contributed by atoms with Crippen molar-refractivity contribution in [1.82, 2.24) is 10.5 Å². The van der Waals surface area contributed by atoms with E-state index in [0.717, 1.165) is 27.7 Å². The summed E-state index contributed by atoms with van der Waals surface area (Å²) in [5, 5.41) is 1.15. The fourth-order valence-corrected chi connectivity index (χ4v) is 0.957. The van der Waals surface area contributed by atoms with Gasteiger partial charge in [0.25, 0.3) is 0 Å². The Labute approximate surface area is 134 Å². The van der Waals surface area contributed by atoms with Gasteiger partial charge in [-0.25, -0.2) is 0 Å². The van der Waals surface area contributed by atoms with E-state index in [4.69, 9.17) is 0 Å². The second-order valence-electron chi connectivity index (χ2n) is 3.44. The monoisotopic (exact) mass is 398 g/mol. The number of carbonyl (C=O) groups is 4. The topological polar surface area (TPSA) is 112 Å². The maximum absolute atomic E-state index is 10.8. The number of hydroxylamine groups is 4. The van der Waals surface area contributed by atoms with Crippen LogP contribution in [0.5, 0.6) is 0 Å². The van der Waals surface area contributed by atoms with Gasteiger partial charge in [0.1, 0.15) is 0 Å². The van der Waals surface area contributed by atoms with Crippen molar-refractivity contribution in [2.75, 3.05) is 13.1 Å². The van der Waals surface area contributed by atoms with Gasteiger partial charge in [0, 0.05) is 58.6 Å². The van der Waals surface area contributed by atoms with Gasteiger partial charge in [-0.2, -0.15) is 0 Å². The molecule has 0 aromatic carbocycles. The van der Waals surface area contributed by atoms with Crippen LogP contribution >= 0.6 is 0 Å². The largest absolute Gasteiger partial charge is 0.333 e. The summed E-state index contributed by atoms with van der Waals surface area (Å²) >= 11 is 0. The van der Waals surface area contributed by atoms with E-state index in [1.807, 2.05) is 0 Å². The summed E-state index contributed by atoms with van der Waals surface area (Å²) < 4.78 is 0. The summed E-state index contributed by atoms with van der Waals surface area (Å²) in [6.07, 6.45) is 0. The first kappa shape index (κ1) is 21.8. The van der Waals surface area contributed by atoms with Gasteiger partial charge in [-0.3, -0.25) is 19.2 Å². The molecule has 0 N–H and O–H groups in total. The first-order valence-electron chi connectivity index (χ1n) is 5.50. The van der Waals surface area contributed by atoms with Gasteiger partial charge in [0.2, 0.25) is 0 Å². The van der Waals surface area contributed by atoms with Crippen LogP contribution in [0.2, 0.25) is 0 Å². The normalized spacial score (nSPS) is 9.62. The first-order chi connectivity index (χ1) is 9.20. The molecule has 0 fully saturated rings. The average Bonchev–Trinajstić information content (AvgIpc) is 2.22. The maximum Gasteiger partial charge on any atom is 0.326 e. The molecule has 0 aliphatic carbocycles. The quantitative estimate of drug-likeness (QED) is 0.411. The molecule has 0 rings (SSSR count). The zero-order valence-electron chi connectivity index (χ0n) is 11.9. The SMILES string of the molecule is CC(=O)ON(CCN(OC(C)=O)OC(C)=O)OC(C)=O.[Pd]. The van der Waals surface area contributed by atoms with E-state index in [2.05, 4.69) is 19.4 Å². The van der Waals surface area contributed by atoms with E-state index < -0.39 is 23.9 Å². The van der Waals surface area contributed by atoms with Gasteiger partial charge in [0.05, 0.1) is 13.1 Å². The molecule has 0 radical (unpaired) electrons. The predicted molar refractivity (Wildman–Crippen MR) is 60.5 cm³/mol. The molecule has 124 valence electrons. The summed E-state index contributed by atoms with van der Waals surface area (Å²) in [6, 6.07) is 0. The Kier molecular flexibility index (Phi) is 11.6. The number of hydrogen-bond donors (Lipinski definition) is 0. The molecule has 0 atom stereocenters. The molecule has 10 nitrogen and oxygen atoms in total. The summed E-state index contributed by atoms with van der Waals surface area (Å²) in [7, 11) is 0. The third-order valence-electron chi connectivity index (χ3n) is 1.39. The van der Waals surface area contributed by atoms with Crippen LogP contribution in [0.1, 0.15) is 27.7 Å². The van der Waals surface area contributed by atoms with Gasteiger partial charge >= 0.3 is 23.9 Å². The number of rotatable bonds is 7. The van der Waals surface area contributed by atoms with Gasteiger partial charge in [-0.05, 0) is 0 Å². The standard InChI is InChI=1S/C10H16N2O8.Pd/c1-7(13)17-11(18-8(2)14)5-6-12(19-9(3)15)20-10(4)16;/h5-6H2,1-4H3;. The fraction of sp³-hybridized carbons (Fsp3) is 0.600. The van der Waals surface area contributed by atoms with E-state index in [-0.39, 0.29) is 33.5 Å². The molecular formula is C10H16N2O8Pd. The van der Waals surface area contributed by atoms with Gasteiger partial charge in [-0.15, -0.1) is 0 Å². The van der Waals surface area contributed by atoms with Crippen molar-refractivity contribution < 1.29 is 59.0 Å². The number of hydrogen-bond acceptors (Lipinski definition) is 10. The van der Waals surface area contributed by atoms with Crippen LogP contribution in [0.15, 0.2) is 0 Å². The Bertz CT molecular complexity index is 321. The van der Waals surface area contributed by atoms with Crippen LogP contribution in [-0.2, 0) is 59.0 Å². The maximum atomic E-state index is 10.8. The summed E-state index contributed by atoms with van der Waals surface area (Å²) in [5.41, 5.74) is 0. The Morgan fingerprint density at radius 1 is 0.619 bits per heavy atom. The van der Waals surface area contributed by atoms with Gasteiger partial charge in [0.15, 0.2) is 0 Å². The molecule has 21 heavy (non-hydrogen) atoms. The number of nitrogens with zero attached hydrogens (tertiary/aromatic N) is 2. The van der Waals surface area contributed by atoms with Crippen molar-refractivity contribution in [2.45, 2.75) is 27.7 Å². The molecule has 0 aliphatic rings. The van der Waals surface area contributed by atoms with Gasteiger partial charge in [-0.1, -0.05) is 0 Å². The molecule has 0 unspecified atom stereocenters. The van der Waals surface area contributed by atoms with Crippen molar-refractivity contribution in [1.29, 1.82) is 0 Å². The minimum atomic E-state index is -0.724. The zero-order valence-corrected chi connectivity index (χ0v) is 13.4. The molecule has 0 aromatic rings. The van der Waals surface area contributed by atoms with Crippen molar-refractivity contribution in [3.8, 4) is 0 Å². The van der Waals surface area contributed by atoms with Crippen molar-refractivity contribution >= 4 is 23.9 Å². The Morgan fingerprint density at radius 3 is 0.952 bits per heavy atom. The molecule has 0 bridgehead atoms. The zero-order chi connectivity index (χ0) is 15.7. The average molecular weight is 399 g/mol. The number of carbonyl (C=O) groups excluding carboxylic acids is 4. The van der Waals surface area contributed by atoms with Crippen molar-refractivity contribution in [3.63, 3.8) is 0 Å². The predicted octanol–water partition coefficient (Wildman–Crippen LogP) is -0.500. The summed E-state index contributed by atoms with van der Waals surface area (Å²) in [5.74, 6) is -2.90. The Balaban J connectivity index is 0. The second kappa shape index (κ2) is 11.2. The van der Waals surface area contributed by atoms with Crippen LogP contribution in [0, 0.1) is 0 Å². The Morgan fingerprint density at radius 2 is 0.810 bits per heavy atom. The smallest absolute Gasteiger partial charge is 0.326 e. The molecular weight excluding hydrogens is 383 g/mol. The molecule has 0 spiro atoms. The van der Waals surface area contributed by atoms with Crippen LogP contribution in [-0.4, -0.2) is 47.4 Å². The summed E-state index contributed by atoms with van der Waals surface area (Å²) in [4.78, 5) is 61.4. The molecule has 0 aliphatic heterocycles. The minimum Gasteiger partial charge on any atom is -0.333 e. The first-order valence-corrected chi connectivity index (χ1v) is 5.50. The van der Waals surface area contributed by atoms with Crippen molar-refractivity contribution in [2.24, 2.45) is 0 Å². The van der Waals surface area contributed by atoms with E-state index >= 15 is 0 Å². The third kappa shape index (κ3) is 13.2. The van der Waals surface area contributed by atoms with Crippen LogP contribution in [0.4, 0.5) is 0 Å². The molecule has 0 saturated carbocycles. The third-order valence-corrected chi connectivity index (χ3v) is 1.39. The molecule has 11 heteroatoms. The van der Waals surface area contributed by atoms with Crippen LogP contribution < -0.4 is 0 Å². The van der Waals surface area contributed by atoms with Crippen LogP contribution in [0.25, 0.3) is 0 Å². The van der Waals surface area contributed by atoms with E-state index in [1.54, 1.807) is 0 Å². The van der Waals surface area contributed by atoms with Crippen LogP contribution in [0.3, 0.4) is 0 Å². The molecule has 0 aromatic heterocycles. The summed E-state index contributed by atoms with van der Waals surface area (Å²) in [6.45, 7) is 3.97.